The Morgan fingerprint density at radius 2 is 2.12 bits per heavy atom. The van der Waals surface area contributed by atoms with Crippen molar-refractivity contribution < 1.29 is 13.2 Å². The minimum Gasteiger partial charge on any atom is -0.403 e. The van der Waals surface area contributed by atoms with Gasteiger partial charge in [-0.3, -0.25) is 4.79 Å². The van der Waals surface area contributed by atoms with Gasteiger partial charge in [0.1, 0.15) is 5.39 Å². The Morgan fingerprint density at radius 1 is 1.44 bits per heavy atom. The molecule has 0 bridgehead atoms. The topological polar surface area (TPSA) is 76.0 Å². The van der Waals surface area contributed by atoms with Crippen LogP contribution in [0, 0.1) is 6.92 Å². The minimum absolute atomic E-state index is 0.00370. The molecule has 0 saturated carbocycles. The first kappa shape index (κ1) is 10.5. The molecule has 5 nitrogen and oxygen atoms in total. The van der Waals surface area contributed by atoms with Crippen LogP contribution < -0.4 is 11.2 Å². The molecule has 0 aliphatic rings. The number of aromatic nitrogens is 2. The molecular weight excluding hydrogens is 222 g/mol. The Kier molecular flexibility index (Phi) is 2.30. The minimum atomic E-state index is -2.93. The number of aryl methyl sites for hydroxylation is 1. The molecule has 0 amide bonds. The lowest BCUT2D eigenvalue weighted by Gasteiger charge is -2.01. The van der Waals surface area contributed by atoms with Crippen LogP contribution >= 0.6 is 0 Å². The Morgan fingerprint density at radius 3 is 2.75 bits per heavy atom. The van der Waals surface area contributed by atoms with Crippen molar-refractivity contribution in [2.75, 3.05) is 0 Å². The fourth-order valence-corrected chi connectivity index (χ4v) is 1.37. The number of hydrogen-bond donors (Lipinski definition) is 1. The van der Waals surface area contributed by atoms with Crippen molar-refractivity contribution in [1.29, 1.82) is 0 Å². The predicted molar refractivity (Wildman–Crippen MR) is 50.6 cm³/mol. The summed E-state index contributed by atoms with van der Waals surface area (Å²) in [5.41, 5.74) is -1.52. The van der Waals surface area contributed by atoms with Gasteiger partial charge in [-0.05, 0) is 12.5 Å². The monoisotopic (exact) mass is 228 g/mol. The molecule has 0 saturated heterocycles. The molecule has 0 aliphatic heterocycles. The lowest BCUT2D eigenvalue weighted by molar-refractivity contribution is 0.140. The van der Waals surface area contributed by atoms with E-state index in [2.05, 4.69) is 9.40 Å². The van der Waals surface area contributed by atoms with Gasteiger partial charge in [0.25, 0.3) is 12.0 Å². The molecule has 2 aromatic rings. The van der Waals surface area contributed by atoms with Crippen LogP contribution in [0.1, 0.15) is 17.8 Å². The average Bonchev–Trinajstić information content (AvgIpc) is 2.15. The fraction of sp³-hybridized carbons (Fsp3) is 0.222. The maximum Gasteiger partial charge on any atom is 0.337 e. The molecule has 0 unspecified atom stereocenters. The first-order chi connectivity index (χ1) is 7.49. The van der Waals surface area contributed by atoms with E-state index in [1.54, 1.807) is 0 Å². The van der Waals surface area contributed by atoms with Crippen LogP contribution in [-0.4, -0.2) is 9.97 Å². The summed E-state index contributed by atoms with van der Waals surface area (Å²) < 4.78 is 29.2. The van der Waals surface area contributed by atoms with Gasteiger partial charge in [-0.1, -0.05) is 0 Å². The molecule has 1 N–H and O–H groups in total. The molecule has 84 valence electrons. The zero-order valence-electron chi connectivity index (χ0n) is 8.08. The third-order valence-corrected chi connectivity index (χ3v) is 2.04. The van der Waals surface area contributed by atoms with Crippen LogP contribution in [0.15, 0.2) is 20.1 Å². The number of fused-ring (bicyclic) bond motifs is 1. The quantitative estimate of drug-likeness (QED) is 0.793. The smallest absolute Gasteiger partial charge is 0.337 e. The van der Waals surface area contributed by atoms with Crippen LogP contribution in [0.4, 0.5) is 8.78 Å². The highest BCUT2D eigenvalue weighted by Crippen LogP contribution is 2.15. The zero-order valence-corrected chi connectivity index (χ0v) is 8.08. The van der Waals surface area contributed by atoms with Crippen molar-refractivity contribution in [2.24, 2.45) is 0 Å². The van der Waals surface area contributed by atoms with Crippen LogP contribution in [0.25, 0.3) is 11.1 Å². The van der Waals surface area contributed by atoms with Crippen LogP contribution in [0.5, 0.6) is 0 Å². The number of hydrogen-bond acceptors (Lipinski definition) is 4. The van der Waals surface area contributed by atoms with E-state index in [0.29, 0.717) is 5.56 Å². The van der Waals surface area contributed by atoms with Crippen molar-refractivity contribution in [2.45, 2.75) is 13.3 Å². The van der Waals surface area contributed by atoms with Gasteiger partial charge in [-0.2, -0.15) is 4.98 Å². The highest BCUT2D eigenvalue weighted by Gasteiger charge is 2.15. The van der Waals surface area contributed by atoms with Crippen LogP contribution in [0.2, 0.25) is 0 Å². The van der Waals surface area contributed by atoms with Gasteiger partial charge in [-0.25, -0.2) is 13.6 Å². The summed E-state index contributed by atoms with van der Waals surface area (Å²) in [6, 6.07) is 1.10. The third kappa shape index (κ3) is 1.60. The third-order valence-electron chi connectivity index (χ3n) is 2.04. The second-order valence-electron chi connectivity index (χ2n) is 3.18. The van der Waals surface area contributed by atoms with E-state index in [0.717, 1.165) is 6.07 Å². The molecule has 7 heteroatoms. The summed E-state index contributed by atoms with van der Waals surface area (Å²) in [6.07, 6.45) is -2.93. The average molecular weight is 228 g/mol. The molecule has 2 rings (SSSR count). The van der Waals surface area contributed by atoms with Crippen molar-refractivity contribution in [1.82, 2.24) is 9.97 Å². The largest absolute Gasteiger partial charge is 0.403 e. The summed E-state index contributed by atoms with van der Waals surface area (Å²) in [6.45, 7) is 1.50. The van der Waals surface area contributed by atoms with Crippen LogP contribution in [-0.2, 0) is 0 Å². The van der Waals surface area contributed by atoms with E-state index in [-0.39, 0.29) is 11.1 Å². The second kappa shape index (κ2) is 3.51. The van der Waals surface area contributed by atoms with Crippen molar-refractivity contribution in [3.05, 3.63) is 38.2 Å². The van der Waals surface area contributed by atoms with E-state index in [4.69, 9.17) is 0 Å². The summed E-state index contributed by atoms with van der Waals surface area (Å²) in [4.78, 5) is 27.8. The number of aromatic amines is 1. The SMILES string of the molecule is Cc1cc(=O)oc2nc(C(F)F)[nH]c(=O)c12. The van der Waals surface area contributed by atoms with Gasteiger partial charge in [0.2, 0.25) is 5.71 Å². The molecular formula is C9H6F2N2O3. The highest BCUT2D eigenvalue weighted by atomic mass is 19.3. The normalized spacial score (nSPS) is 11.2. The van der Waals surface area contributed by atoms with Gasteiger partial charge >= 0.3 is 5.63 Å². The summed E-state index contributed by atoms with van der Waals surface area (Å²) in [5, 5.41) is 0.00370. The number of nitrogens with zero attached hydrogens (tertiary/aromatic N) is 1. The number of H-pyrrole nitrogens is 1. The molecule has 0 aromatic carbocycles. The van der Waals surface area contributed by atoms with Gasteiger partial charge in [-0.15, -0.1) is 0 Å². The lowest BCUT2D eigenvalue weighted by Crippen LogP contribution is -2.15. The summed E-state index contributed by atoms with van der Waals surface area (Å²) >= 11 is 0. The van der Waals surface area contributed by atoms with Crippen molar-refractivity contribution in [3.63, 3.8) is 0 Å². The predicted octanol–water partition coefficient (Wildman–Crippen LogP) is 1.12. The maximum atomic E-state index is 12.3. The number of alkyl halides is 2. The van der Waals surface area contributed by atoms with Crippen molar-refractivity contribution in [3.8, 4) is 0 Å². The molecule has 0 atom stereocenters. The Balaban J connectivity index is 2.93. The molecule has 0 aliphatic carbocycles. The van der Waals surface area contributed by atoms with Gasteiger partial charge in [0.15, 0.2) is 5.82 Å². The number of rotatable bonds is 1. The summed E-state index contributed by atoms with van der Waals surface area (Å²) in [5.74, 6) is -0.814. The van der Waals surface area contributed by atoms with Crippen molar-refractivity contribution >= 4 is 11.1 Å². The van der Waals surface area contributed by atoms with Gasteiger partial charge in [0.05, 0.1) is 0 Å². The standard InChI is InChI=1S/C9H6F2N2O3/c1-3-2-4(14)16-9-5(3)8(15)12-7(13-9)6(10)11/h2,6H,1H3,(H,12,13,15). The van der Waals surface area contributed by atoms with Gasteiger partial charge < -0.3 is 9.40 Å². The second-order valence-corrected chi connectivity index (χ2v) is 3.18. The first-order valence-electron chi connectivity index (χ1n) is 4.32. The Bertz CT molecular complexity index is 660. The molecule has 2 aromatic heterocycles. The zero-order chi connectivity index (χ0) is 11.9. The molecule has 2 heterocycles. The van der Waals surface area contributed by atoms with Crippen LogP contribution in [0.3, 0.4) is 0 Å². The molecule has 0 spiro atoms. The Labute approximate surface area is 86.7 Å². The van der Waals surface area contributed by atoms with Gasteiger partial charge in [0, 0.05) is 6.07 Å². The fourth-order valence-electron chi connectivity index (χ4n) is 1.37. The molecule has 16 heavy (non-hydrogen) atoms. The maximum absolute atomic E-state index is 12.3. The number of halogens is 2. The van der Waals surface area contributed by atoms with E-state index in [1.165, 1.54) is 6.92 Å². The molecule has 0 radical (unpaired) electrons. The highest BCUT2D eigenvalue weighted by molar-refractivity contribution is 5.75. The van der Waals surface area contributed by atoms with E-state index < -0.39 is 23.4 Å². The lowest BCUT2D eigenvalue weighted by atomic mass is 10.2. The first-order valence-corrected chi connectivity index (χ1v) is 4.32. The summed E-state index contributed by atoms with van der Waals surface area (Å²) in [7, 11) is 0. The van der Waals surface area contributed by atoms with E-state index in [1.807, 2.05) is 4.98 Å². The van der Waals surface area contributed by atoms with E-state index in [9.17, 15) is 18.4 Å². The molecule has 0 fully saturated rings. The number of nitrogens with one attached hydrogen (secondary N) is 1. The van der Waals surface area contributed by atoms with E-state index >= 15 is 0 Å². The Hall–Kier alpha value is -2.05.